The molecule has 2 aromatic carbocycles. The molecular weight excluding hydrogens is 332 g/mol. The van der Waals surface area contributed by atoms with Gasteiger partial charge in [-0.15, -0.1) is 0 Å². The van der Waals surface area contributed by atoms with Gasteiger partial charge in [0.1, 0.15) is 0 Å². The zero-order chi connectivity index (χ0) is 14.5. The Morgan fingerprint density at radius 3 is 2.14 bits per heavy atom. The monoisotopic (exact) mass is 351 g/mol. The first-order valence-corrected chi connectivity index (χ1v) is 6.94. The van der Waals surface area contributed by atoms with Gasteiger partial charge in [0.15, 0.2) is 0 Å². The molecule has 0 spiro atoms. The van der Waals surface area contributed by atoms with Gasteiger partial charge in [-0.05, 0) is 18.1 Å². The van der Waals surface area contributed by atoms with E-state index in [0.717, 1.165) is 11.1 Å². The van der Waals surface area contributed by atoms with Gasteiger partial charge in [-0.3, -0.25) is 0 Å². The van der Waals surface area contributed by atoms with Crippen molar-refractivity contribution in [1.82, 2.24) is 0 Å². The Bertz CT molecular complexity index is 583. The summed E-state index contributed by atoms with van der Waals surface area (Å²) in [5.41, 5.74) is 3.29. The molecule has 2 rings (SSSR count). The Balaban J connectivity index is 0.00000220. The summed E-state index contributed by atoms with van der Waals surface area (Å²) in [6.45, 7) is 5.93. The number of amides is 1. The summed E-state index contributed by atoms with van der Waals surface area (Å²) >= 11 is 0. The van der Waals surface area contributed by atoms with Crippen molar-refractivity contribution in [2.75, 3.05) is 0 Å². The zero-order valence-electron chi connectivity index (χ0n) is 13.2. The Labute approximate surface area is 176 Å². The van der Waals surface area contributed by atoms with E-state index in [9.17, 15) is 4.79 Å². The number of nitrogens with zero attached hydrogens (tertiary/aromatic N) is 1. The van der Waals surface area contributed by atoms with E-state index in [1.165, 1.54) is 5.56 Å². The first kappa shape index (κ1) is 18.8. The van der Waals surface area contributed by atoms with Gasteiger partial charge in [-0.25, -0.2) is 0 Å². The SMILES string of the molecule is Cc1ccccc1C(C)[N-]C(=O)C(C)c1ccccc1.[Rb+]. The van der Waals surface area contributed by atoms with Crippen molar-refractivity contribution in [3.8, 4) is 0 Å². The number of aryl methyl sites for hydroxylation is 1. The summed E-state index contributed by atoms with van der Waals surface area (Å²) in [5.74, 6) is -0.255. The molecule has 2 unspecified atom stereocenters. The molecule has 0 saturated carbocycles. The topological polar surface area (TPSA) is 31.2 Å². The molecule has 21 heavy (non-hydrogen) atoms. The molecule has 0 heterocycles. The molecule has 104 valence electrons. The molecule has 0 radical (unpaired) electrons. The molecule has 1 amide bonds. The predicted octanol–water partition coefficient (Wildman–Crippen LogP) is 1.76. The van der Waals surface area contributed by atoms with Crippen LogP contribution in [0.15, 0.2) is 54.6 Å². The van der Waals surface area contributed by atoms with Crippen molar-refractivity contribution >= 4 is 5.91 Å². The third-order valence-electron chi connectivity index (χ3n) is 3.63. The quantitative estimate of drug-likeness (QED) is 0.826. The van der Waals surface area contributed by atoms with Crippen molar-refractivity contribution in [3.63, 3.8) is 0 Å². The fourth-order valence-corrected chi connectivity index (χ4v) is 2.31. The Kier molecular flexibility index (Phi) is 8.03. The maximum Gasteiger partial charge on any atom is 1.00 e. The normalized spacial score (nSPS) is 12.9. The van der Waals surface area contributed by atoms with E-state index >= 15 is 0 Å². The van der Waals surface area contributed by atoms with Crippen LogP contribution in [0.4, 0.5) is 0 Å². The minimum atomic E-state index is -0.192. The van der Waals surface area contributed by atoms with Crippen LogP contribution >= 0.6 is 0 Å². The molecule has 0 aromatic heterocycles. The third-order valence-corrected chi connectivity index (χ3v) is 3.63. The molecule has 0 aliphatic heterocycles. The van der Waals surface area contributed by atoms with Gasteiger partial charge in [0.05, 0.1) is 5.91 Å². The van der Waals surface area contributed by atoms with Crippen molar-refractivity contribution in [2.24, 2.45) is 0 Å². The van der Waals surface area contributed by atoms with E-state index in [-0.39, 0.29) is 76.1 Å². The summed E-state index contributed by atoms with van der Waals surface area (Å²) in [7, 11) is 0. The van der Waals surface area contributed by atoms with Crippen molar-refractivity contribution in [1.29, 1.82) is 0 Å². The van der Waals surface area contributed by atoms with Crippen molar-refractivity contribution < 1.29 is 63.0 Å². The molecule has 0 saturated heterocycles. The fraction of sp³-hybridized carbons (Fsp3) is 0.278. The van der Waals surface area contributed by atoms with E-state index in [2.05, 4.69) is 5.32 Å². The largest absolute Gasteiger partial charge is 1.00 e. The third kappa shape index (κ3) is 5.13. The molecular formula is C18H20NORb. The van der Waals surface area contributed by atoms with Crippen LogP contribution in [0.25, 0.3) is 5.32 Å². The molecule has 0 N–H and O–H groups in total. The molecule has 2 atom stereocenters. The number of carbonyl (C=O) groups excluding carboxylic acids is 1. The minimum Gasteiger partial charge on any atom is -0.647 e. The molecule has 0 aliphatic carbocycles. The van der Waals surface area contributed by atoms with E-state index < -0.39 is 0 Å². The predicted molar refractivity (Wildman–Crippen MR) is 82.8 cm³/mol. The second-order valence-electron chi connectivity index (χ2n) is 5.13. The molecule has 2 nitrogen and oxygen atoms in total. The summed E-state index contributed by atoms with van der Waals surface area (Å²) < 4.78 is 0. The van der Waals surface area contributed by atoms with Crippen LogP contribution in [-0.2, 0) is 4.79 Å². The van der Waals surface area contributed by atoms with Crippen LogP contribution in [0.1, 0.15) is 42.5 Å². The van der Waals surface area contributed by atoms with Crippen LogP contribution in [0.2, 0.25) is 0 Å². The molecule has 0 fully saturated rings. The average Bonchev–Trinajstić information content (AvgIpc) is 2.47. The zero-order valence-corrected chi connectivity index (χ0v) is 18.1. The van der Waals surface area contributed by atoms with Gasteiger partial charge < -0.3 is 10.1 Å². The summed E-state index contributed by atoms with van der Waals surface area (Å²) in [6, 6.07) is 17.7. The van der Waals surface area contributed by atoms with Crippen LogP contribution in [0.5, 0.6) is 0 Å². The molecule has 2 aromatic rings. The Morgan fingerprint density at radius 1 is 0.952 bits per heavy atom. The van der Waals surface area contributed by atoms with Gasteiger partial charge in [0.25, 0.3) is 0 Å². The number of hydrogen-bond donors (Lipinski definition) is 0. The maximum atomic E-state index is 12.3. The second kappa shape index (κ2) is 8.99. The molecule has 0 bridgehead atoms. The van der Waals surface area contributed by atoms with Gasteiger partial charge in [0.2, 0.25) is 0 Å². The van der Waals surface area contributed by atoms with E-state index in [1.54, 1.807) is 0 Å². The Hall–Kier alpha value is -0.285. The number of benzene rings is 2. The van der Waals surface area contributed by atoms with Crippen molar-refractivity contribution in [3.05, 3.63) is 76.6 Å². The second-order valence-corrected chi connectivity index (χ2v) is 5.13. The maximum absolute atomic E-state index is 12.3. The van der Waals surface area contributed by atoms with Gasteiger partial charge >= 0.3 is 58.2 Å². The smallest absolute Gasteiger partial charge is 0.647 e. The van der Waals surface area contributed by atoms with Crippen LogP contribution in [0.3, 0.4) is 0 Å². The van der Waals surface area contributed by atoms with Gasteiger partial charge in [0, 0.05) is 5.92 Å². The first-order valence-electron chi connectivity index (χ1n) is 6.94. The number of carbonyl (C=O) groups is 1. The average molecular weight is 352 g/mol. The summed E-state index contributed by atoms with van der Waals surface area (Å²) in [4.78, 5) is 12.3. The fourth-order valence-electron chi connectivity index (χ4n) is 2.31. The first-order chi connectivity index (χ1) is 9.59. The standard InChI is InChI=1S/C18H21NO.Rb/c1-13-9-7-8-12-17(13)15(3)19-18(20)14(2)16-10-5-4-6-11-16;/h4-12,14-15H,1-3H3,(H,19,20);/q;+1/p-1. The van der Waals surface area contributed by atoms with Gasteiger partial charge in [-0.1, -0.05) is 80.1 Å². The molecule has 0 aliphatic rings. The van der Waals surface area contributed by atoms with Crippen LogP contribution in [-0.4, -0.2) is 5.91 Å². The Morgan fingerprint density at radius 2 is 1.52 bits per heavy atom. The number of rotatable bonds is 4. The van der Waals surface area contributed by atoms with Crippen molar-refractivity contribution in [2.45, 2.75) is 32.7 Å². The summed E-state index contributed by atoms with van der Waals surface area (Å²) in [5, 5.41) is 4.35. The van der Waals surface area contributed by atoms with E-state index in [1.807, 2.05) is 75.4 Å². The van der Waals surface area contributed by atoms with E-state index in [4.69, 9.17) is 0 Å². The van der Waals surface area contributed by atoms with E-state index in [0.29, 0.717) is 0 Å². The summed E-state index contributed by atoms with van der Waals surface area (Å²) in [6.07, 6.45) is 0. The number of hydrogen-bond acceptors (Lipinski definition) is 1. The molecule has 3 heteroatoms. The van der Waals surface area contributed by atoms with Crippen LogP contribution in [0, 0.1) is 6.92 Å². The van der Waals surface area contributed by atoms with Gasteiger partial charge in [-0.2, -0.15) is 0 Å². The minimum absolute atomic E-state index is 0. The van der Waals surface area contributed by atoms with Crippen LogP contribution < -0.4 is 58.2 Å².